The minimum atomic E-state index is -0.623. The van der Waals surface area contributed by atoms with Gasteiger partial charge in [0, 0.05) is 22.1 Å². The van der Waals surface area contributed by atoms with Gasteiger partial charge in [0.05, 0.1) is 5.66 Å². The molecule has 0 amide bonds. The first kappa shape index (κ1) is 11.5. The summed E-state index contributed by atoms with van der Waals surface area (Å²) in [4.78, 5) is 3.21. The van der Waals surface area contributed by atoms with Crippen molar-refractivity contribution in [1.29, 1.82) is 0 Å². The predicted molar refractivity (Wildman–Crippen MR) is 68.4 cm³/mol. The molecule has 0 radical (unpaired) electrons. The summed E-state index contributed by atoms with van der Waals surface area (Å²) in [5.74, 6) is 0. The number of nitrogens with one attached hydrogen (secondary N) is 1. The van der Waals surface area contributed by atoms with Crippen LogP contribution in [0.5, 0.6) is 0 Å². The molecule has 1 heterocycles. The van der Waals surface area contributed by atoms with Crippen molar-refractivity contribution in [3.63, 3.8) is 0 Å². The monoisotopic (exact) mass is 237 g/mol. The van der Waals surface area contributed by atoms with Gasteiger partial charge in [-0.25, -0.2) is 0 Å². The number of fused-ring (bicyclic) bond motifs is 1. The second-order valence-corrected chi connectivity index (χ2v) is 4.95. The van der Waals surface area contributed by atoms with E-state index in [1.54, 1.807) is 0 Å². The highest BCUT2D eigenvalue weighted by Crippen LogP contribution is 2.23. The highest BCUT2D eigenvalue weighted by molar-refractivity contribution is 6.31. The summed E-state index contributed by atoms with van der Waals surface area (Å²) in [7, 11) is 0. The summed E-state index contributed by atoms with van der Waals surface area (Å²) < 4.78 is 0. The summed E-state index contributed by atoms with van der Waals surface area (Å²) in [6.45, 7) is 1.83. The van der Waals surface area contributed by atoms with Gasteiger partial charge in [0.15, 0.2) is 0 Å². The molecule has 2 rings (SSSR count). The molecular weight excluding hydrogens is 222 g/mol. The van der Waals surface area contributed by atoms with E-state index >= 15 is 0 Å². The lowest BCUT2D eigenvalue weighted by molar-refractivity contribution is 0.451. The normalized spacial score (nSPS) is 12.2. The van der Waals surface area contributed by atoms with Gasteiger partial charge in [0.2, 0.25) is 0 Å². The van der Waals surface area contributed by atoms with Gasteiger partial charge in [-0.05, 0) is 43.5 Å². The molecule has 3 nitrogen and oxygen atoms in total. The Morgan fingerprint density at radius 1 is 1.38 bits per heavy atom. The molecule has 0 aliphatic heterocycles. The molecular formula is C12H16ClN3. The van der Waals surface area contributed by atoms with Crippen LogP contribution in [0.2, 0.25) is 5.02 Å². The van der Waals surface area contributed by atoms with Gasteiger partial charge in [-0.2, -0.15) is 0 Å². The van der Waals surface area contributed by atoms with Crippen LogP contribution in [-0.4, -0.2) is 10.6 Å². The Bertz CT molecular complexity index is 496. The van der Waals surface area contributed by atoms with Crippen LogP contribution in [0.4, 0.5) is 0 Å². The number of rotatable bonds is 3. The zero-order valence-electron chi connectivity index (χ0n) is 9.26. The van der Waals surface area contributed by atoms with Crippen molar-refractivity contribution >= 4 is 22.5 Å². The molecule has 86 valence electrons. The molecule has 1 aromatic carbocycles. The van der Waals surface area contributed by atoms with Gasteiger partial charge in [-0.3, -0.25) is 0 Å². The Morgan fingerprint density at radius 2 is 2.12 bits per heavy atom. The molecule has 0 saturated carbocycles. The summed E-state index contributed by atoms with van der Waals surface area (Å²) in [6.07, 6.45) is 3.59. The lowest BCUT2D eigenvalue weighted by atomic mass is 10.0. The quantitative estimate of drug-likeness (QED) is 0.718. The van der Waals surface area contributed by atoms with Crippen molar-refractivity contribution in [1.82, 2.24) is 4.98 Å². The first-order chi connectivity index (χ1) is 7.46. The van der Waals surface area contributed by atoms with E-state index in [9.17, 15) is 0 Å². The lowest BCUT2D eigenvalue weighted by Gasteiger charge is -2.17. The van der Waals surface area contributed by atoms with Gasteiger partial charge in [0.25, 0.3) is 0 Å². The Labute approximate surface area is 99.8 Å². The van der Waals surface area contributed by atoms with Crippen LogP contribution in [0, 0.1) is 0 Å². The second kappa shape index (κ2) is 4.09. The van der Waals surface area contributed by atoms with Crippen molar-refractivity contribution in [3.8, 4) is 0 Å². The van der Waals surface area contributed by atoms with Gasteiger partial charge < -0.3 is 16.5 Å². The third-order valence-corrected chi connectivity index (χ3v) is 2.90. The lowest BCUT2D eigenvalue weighted by Crippen LogP contribution is -2.46. The van der Waals surface area contributed by atoms with Crippen molar-refractivity contribution < 1.29 is 0 Å². The van der Waals surface area contributed by atoms with Gasteiger partial charge in [-0.15, -0.1) is 0 Å². The fourth-order valence-corrected chi connectivity index (χ4v) is 1.93. The maximum atomic E-state index is 5.97. The number of nitrogens with two attached hydrogens (primary N) is 2. The number of benzene rings is 1. The van der Waals surface area contributed by atoms with E-state index in [-0.39, 0.29) is 0 Å². The zero-order chi connectivity index (χ0) is 11.8. The minimum Gasteiger partial charge on any atom is -0.361 e. The van der Waals surface area contributed by atoms with Crippen LogP contribution in [0.25, 0.3) is 10.9 Å². The van der Waals surface area contributed by atoms with E-state index in [0.717, 1.165) is 28.8 Å². The van der Waals surface area contributed by atoms with Crippen LogP contribution >= 0.6 is 11.6 Å². The summed E-state index contributed by atoms with van der Waals surface area (Å²) in [6, 6.07) is 5.82. The fourth-order valence-electron chi connectivity index (χ4n) is 1.76. The molecule has 1 aromatic heterocycles. The molecule has 16 heavy (non-hydrogen) atoms. The van der Waals surface area contributed by atoms with Crippen molar-refractivity contribution in [2.45, 2.75) is 25.4 Å². The van der Waals surface area contributed by atoms with Crippen LogP contribution < -0.4 is 11.5 Å². The maximum Gasteiger partial charge on any atom is 0.0610 e. The van der Waals surface area contributed by atoms with E-state index in [1.807, 2.05) is 31.3 Å². The van der Waals surface area contributed by atoms with Crippen LogP contribution in [0.1, 0.15) is 18.9 Å². The molecule has 0 bridgehead atoms. The molecule has 0 aliphatic rings. The van der Waals surface area contributed by atoms with E-state index in [1.165, 1.54) is 5.56 Å². The van der Waals surface area contributed by atoms with Crippen molar-refractivity contribution in [2.75, 3.05) is 0 Å². The largest absolute Gasteiger partial charge is 0.361 e. The fraction of sp³-hybridized carbons (Fsp3) is 0.333. The second-order valence-electron chi connectivity index (χ2n) is 4.51. The van der Waals surface area contributed by atoms with Gasteiger partial charge in [0.1, 0.15) is 0 Å². The number of H-pyrrole nitrogens is 1. The van der Waals surface area contributed by atoms with Crippen molar-refractivity contribution in [2.24, 2.45) is 11.5 Å². The number of halogens is 1. The average molecular weight is 238 g/mol. The molecule has 0 atom stereocenters. The number of aromatic nitrogens is 1. The maximum absolute atomic E-state index is 5.97. The number of aryl methyl sites for hydroxylation is 1. The standard InChI is InChI=1S/C12H16ClN3/c1-12(14,15)5-4-8-7-16-11-3-2-9(13)6-10(8)11/h2-3,6-7,16H,4-5,14-15H2,1H3. The smallest absolute Gasteiger partial charge is 0.0610 e. The Kier molecular flexibility index (Phi) is 2.93. The van der Waals surface area contributed by atoms with Crippen molar-refractivity contribution in [3.05, 3.63) is 35.0 Å². The van der Waals surface area contributed by atoms with E-state index in [2.05, 4.69) is 4.98 Å². The molecule has 0 aliphatic carbocycles. The third kappa shape index (κ3) is 2.55. The topological polar surface area (TPSA) is 67.8 Å². The Hall–Kier alpha value is -1.03. The Balaban J connectivity index is 2.28. The summed E-state index contributed by atoms with van der Waals surface area (Å²) >= 11 is 5.97. The number of aromatic amines is 1. The molecule has 0 fully saturated rings. The van der Waals surface area contributed by atoms with E-state index in [4.69, 9.17) is 23.1 Å². The highest BCUT2D eigenvalue weighted by Gasteiger charge is 2.12. The molecule has 2 aromatic rings. The predicted octanol–water partition coefficient (Wildman–Crippen LogP) is 2.39. The van der Waals surface area contributed by atoms with Crippen LogP contribution in [0.15, 0.2) is 24.4 Å². The van der Waals surface area contributed by atoms with Gasteiger partial charge >= 0.3 is 0 Å². The third-order valence-electron chi connectivity index (χ3n) is 2.66. The zero-order valence-corrected chi connectivity index (χ0v) is 10.0. The molecule has 4 heteroatoms. The minimum absolute atomic E-state index is 0.623. The molecule has 5 N–H and O–H groups in total. The first-order valence-electron chi connectivity index (χ1n) is 5.29. The SMILES string of the molecule is CC(N)(N)CCc1c[nH]c2ccc(Cl)cc12. The van der Waals surface area contributed by atoms with Crippen LogP contribution in [0.3, 0.4) is 0 Å². The molecule has 0 unspecified atom stereocenters. The highest BCUT2D eigenvalue weighted by atomic mass is 35.5. The number of hydrogen-bond donors (Lipinski definition) is 3. The Morgan fingerprint density at radius 3 is 2.81 bits per heavy atom. The van der Waals surface area contributed by atoms with Crippen LogP contribution in [-0.2, 0) is 6.42 Å². The van der Waals surface area contributed by atoms with E-state index in [0.29, 0.717) is 0 Å². The molecule has 0 spiro atoms. The molecule has 0 saturated heterocycles. The van der Waals surface area contributed by atoms with E-state index < -0.39 is 5.66 Å². The average Bonchev–Trinajstić information content (AvgIpc) is 2.56. The first-order valence-corrected chi connectivity index (χ1v) is 5.67. The summed E-state index contributed by atoms with van der Waals surface area (Å²) in [5.41, 5.74) is 13.2. The number of hydrogen-bond acceptors (Lipinski definition) is 2. The summed E-state index contributed by atoms with van der Waals surface area (Å²) in [5, 5.41) is 1.90. The van der Waals surface area contributed by atoms with Gasteiger partial charge in [-0.1, -0.05) is 11.6 Å².